The number of nitrogens with two attached hydrogens (primary N) is 2. The molecule has 6 unspecified atom stereocenters. The van der Waals surface area contributed by atoms with E-state index >= 15 is 0 Å². The number of furan rings is 1. The van der Waals surface area contributed by atoms with Crippen LogP contribution < -0.4 is 16.8 Å². The Morgan fingerprint density at radius 1 is 1.08 bits per heavy atom. The number of hydrogen-bond acceptors (Lipinski definition) is 8. The molecule has 0 saturated heterocycles. The summed E-state index contributed by atoms with van der Waals surface area (Å²) in [5.41, 5.74) is 15.0. The normalized spacial score (nSPS) is 34.1. The van der Waals surface area contributed by atoms with E-state index in [4.69, 9.17) is 25.6 Å². The van der Waals surface area contributed by atoms with Crippen molar-refractivity contribution in [3.8, 4) is 0 Å². The van der Waals surface area contributed by atoms with Crippen LogP contribution in [0.15, 0.2) is 106 Å². The lowest BCUT2D eigenvalue weighted by atomic mass is 9.45. The Morgan fingerprint density at radius 2 is 1.85 bits per heavy atom. The fourth-order valence-electron chi connectivity index (χ4n) is 9.72. The molecule has 0 spiro atoms. The van der Waals surface area contributed by atoms with Crippen LogP contribution in [0.4, 0.5) is 11.4 Å². The monoisotopic (exact) mass is 648 g/mol. The van der Waals surface area contributed by atoms with Gasteiger partial charge in [0.05, 0.1) is 23.8 Å². The van der Waals surface area contributed by atoms with Crippen molar-refractivity contribution in [2.24, 2.45) is 39.3 Å². The molecule has 1 amide bonds. The van der Waals surface area contributed by atoms with Crippen molar-refractivity contribution in [3.63, 3.8) is 0 Å². The van der Waals surface area contributed by atoms with Crippen LogP contribution >= 0.6 is 0 Å². The standard InChI is InChI=1S/C39H44N4O5/c1-37-20-25(22-40)31(43-28-13-11-27(41)12-14-28)19-26(37)10-15-29-30-16-17-39(38(30,2)21-32(44)34(29)37,48-35(45)33-9-6-18-47-33)36(46)42-23-24-7-4-3-5-8-24/h3-9,11-14,18-19,22,29-30,32,34,44H,10,15-17,20-21,23,40-41H2,1-2H3,(H,42,46)/t29?,30?,32?,34?,37?,38?,39-/m0/s1. The van der Waals surface area contributed by atoms with Crippen LogP contribution in [0, 0.1) is 28.6 Å². The predicted molar refractivity (Wildman–Crippen MR) is 184 cm³/mol. The fourth-order valence-corrected chi connectivity index (χ4v) is 9.72. The van der Waals surface area contributed by atoms with E-state index in [2.05, 4.69) is 18.3 Å². The molecule has 9 nitrogen and oxygen atoms in total. The molecule has 48 heavy (non-hydrogen) atoms. The van der Waals surface area contributed by atoms with Gasteiger partial charge in [0.15, 0.2) is 5.60 Å². The number of benzene rings is 2. The molecule has 3 aromatic rings. The molecule has 2 aromatic carbocycles. The first-order chi connectivity index (χ1) is 23.1. The minimum absolute atomic E-state index is 0.0474. The van der Waals surface area contributed by atoms with Gasteiger partial charge >= 0.3 is 5.97 Å². The zero-order chi connectivity index (χ0) is 33.7. The molecular formula is C39H44N4O5. The number of allylic oxidation sites excluding steroid dienone is 3. The molecule has 3 saturated carbocycles. The number of esters is 1. The summed E-state index contributed by atoms with van der Waals surface area (Å²) in [5.74, 6) is -0.863. The molecule has 1 aromatic heterocycles. The Hall–Kier alpha value is -4.63. The number of carbonyl (C=O) groups excluding carboxylic acids is 2. The van der Waals surface area contributed by atoms with Gasteiger partial charge in [-0.1, -0.05) is 49.8 Å². The molecule has 4 aliphatic rings. The van der Waals surface area contributed by atoms with Crippen molar-refractivity contribution in [3.05, 3.63) is 108 Å². The highest BCUT2D eigenvalue weighted by Crippen LogP contribution is 2.68. The van der Waals surface area contributed by atoms with Crippen molar-refractivity contribution < 1.29 is 23.8 Å². The number of ether oxygens (including phenoxy) is 1. The highest BCUT2D eigenvalue weighted by Gasteiger charge is 2.71. The summed E-state index contributed by atoms with van der Waals surface area (Å²) in [6, 6.07) is 20.3. The van der Waals surface area contributed by atoms with Crippen LogP contribution in [0.3, 0.4) is 0 Å². The van der Waals surface area contributed by atoms with Crippen molar-refractivity contribution in [2.45, 2.75) is 70.6 Å². The molecule has 0 bridgehead atoms. The van der Waals surface area contributed by atoms with Gasteiger partial charge in [-0.25, -0.2) is 9.79 Å². The van der Waals surface area contributed by atoms with E-state index in [0.717, 1.165) is 35.4 Å². The first-order valence-corrected chi connectivity index (χ1v) is 16.9. The molecule has 7 rings (SSSR count). The molecule has 9 heteroatoms. The molecule has 4 aliphatic carbocycles. The number of aliphatic imine (C=N–C) groups is 1. The number of nitrogens with one attached hydrogen (secondary N) is 1. The molecule has 7 atom stereocenters. The summed E-state index contributed by atoms with van der Waals surface area (Å²) in [6.07, 6.45) is 8.22. The highest BCUT2D eigenvalue weighted by molar-refractivity contribution is 6.11. The Kier molecular flexibility index (Phi) is 8.06. The van der Waals surface area contributed by atoms with Crippen LogP contribution in [0.2, 0.25) is 0 Å². The van der Waals surface area contributed by atoms with Gasteiger partial charge in [-0.05, 0) is 122 Å². The van der Waals surface area contributed by atoms with Gasteiger partial charge in [-0.3, -0.25) is 4.79 Å². The smallest absolute Gasteiger partial charge is 0.375 e. The SMILES string of the molecule is CC12CC(=CN)C(=Nc3ccc(N)cc3)C=C1CCC1C2C(O)CC2(C)C1CC[C@]2(OC(=O)c1ccco1)C(=O)NCc1ccccc1. The lowest BCUT2D eigenvalue weighted by Gasteiger charge is -2.60. The highest BCUT2D eigenvalue weighted by atomic mass is 16.6. The second-order valence-corrected chi connectivity index (χ2v) is 14.5. The van der Waals surface area contributed by atoms with Crippen molar-refractivity contribution in [1.82, 2.24) is 5.32 Å². The first kappa shape index (κ1) is 31.9. The fraction of sp³-hybridized carbons (Fsp3) is 0.410. The molecule has 6 N–H and O–H groups in total. The molecular weight excluding hydrogens is 604 g/mol. The van der Waals surface area contributed by atoms with Gasteiger partial charge in [-0.15, -0.1) is 0 Å². The third-order valence-corrected chi connectivity index (χ3v) is 12.0. The lowest BCUT2D eigenvalue weighted by molar-refractivity contribution is -0.182. The van der Waals surface area contributed by atoms with Gasteiger partial charge in [0.2, 0.25) is 5.76 Å². The largest absolute Gasteiger partial charge is 0.457 e. The Morgan fingerprint density at radius 3 is 2.56 bits per heavy atom. The van der Waals surface area contributed by atoms with Crippen LogP contribution in [-0.4, -0.2) is 34.4 Å². The predicted octanol–water partition coefficient (Wildman–Crippen LogP) is 6.23. The molecule has 0 radical (unpaired) electrons. The van der Waals surface area contributed by atoms with Gasteiger partial charge in [0.25, 0.3) is 5.91 Å². The summed E-state index contributed by atoms with van der Waals surface area (Å²) in [7, 11) is 0. The minimum atomic E-state index is -1.48. The van der Waals surface area contributed by atoms with Crippen molar-refractivity contribution >= 4 is 29.0 Å². The molecule has 1 heterocycles. The number of nitrogens with zero attached hydrogens (tertiary/aromatic N) is 1. The number of anilines is 1. The van der Waals surface area contributed by atoms with E-state index in [1.54, 1.807) is 18.3 Å². The Balaban J connectivity index is 1.22. The molecule has 3 fully saturated rings. The summed E-state index contributed by atoms with van der Waals surface area (Å²) >= 11 is 0. The number of hydrogen-bond donors (Lipinski definition) is 4. The third-order valence-electron chi connectivity index (χ3n) is 12.0. The average molecular weight is 649 g/mol. The number of amides is 1. The van der Waals surface area contributed by atoms with Crippen molar-refractivity contribution in [1.29, 1.82) is 0 Å². The van der Waals surface area contributed by atoms with Crippen LogP contribution in [0.5, 0.6) is 0 Å². The van der Waals surface area contributed by atoms with Crippen molar-refractivity contribution in [2.75, 3.05) is 5.73 Å². The number of nitrogen functional groups attached to an aromatic ring is 1. The number of carbonyl (C=O) groups is 2. The van der Waals surface area contributed by atoms with Gasteiger partial charge in [0.1, 0.15) is 0 Å². The number of fused-ring (bicyclic) bond motifs is 5. The zero-order valence-electron chi connectivity index (χ0n) is 27.5. The summed E-state index contributed by atoms with van der Waals surface area (Å²) < 4.78 is 11.7. The summed E-state index contributed by atoms with van der Waals surface area (Å²) in [5, 5.41) is 15.3. The number of aliphatic hydroxyl groups is 1. The third kappa shape index (κ3) is 5.15. The summed E-state index contributed by atoms with van der Waals surface area (Å²) in [4.78, 5) is 32.8. The van der Waals surface area contributed by atoms with Gasteiger partial charge in [-0.2, -0.15) is 0 Å². The maximum atomic E-state index is 14.4. The maximum Gasteiger partial charge on any atom is 0.375 e. The average Bonchev–Trinajstić information content (AvgIpc) is 3.72. The van der Waals surface area contributed by atoms with E-state index in [9.17, 15) is 14.7 Å². The zero-order valence-corrected chi connectivity index (χ0v) is 27.5. The van der Waals surface area contributed by atoms with Gasteiger partial charge < -0.3 is 31.0 Å². The first-order valence-electron chi connectivity index (χ1n) is 16.9. The van der Waals surface area contributed by atoms with E-state index in [1.165, 1.54) is 11.8 Å². The Bertz CT molecular complexity index is 1780. The van der Waals surface area contributed by atoms with Crippen LogP contribution in [0.25, 0.3) is 0 Å². The van der Waals surface area contributed by atoms with E-state index in [-0.39, 0.29) is 34.8 Å². The second kappa shape index (κ2) is 12.1. The van der Waals surface area contributed by atoms with Crippen LogP contribution in [-0.2, 0) is 16.1 Å². The second-order valence-electron chi connectivity index (χ2n) is 14.5. The minimum Gasteiger partial charge on any atom is -0.457 e. The van der Waals surface area contributed by atoms with E-state index in [1.807, 2.05) is 61.5 Å². The van der Waals surface area contributed by atoms with E-state index < -0.39 is 23.1 Å². The topological polar surface area (TPSA) is 153 Å². The van der Waals surface area contributed by atoms with Crippen LogP contribution in [0.1, 0.15) is 68.5 Å². The van der Waals surface area contributed by atoms with E-state index in [0.29, 0.717) is 37.9 Å². The lowest BCUT2D eigenvalue weighted by Crippen LogP contribution is -2.64. The number of aliphatic hydroxyl groups excluding tert-OH is 1. The Labute approximate surface area is 281 Å². The maximum absolute atomic E-state index is 14.4. The quantitative estimate of drug-likeness (QED) is 0.183. The molecule has 0 aliphatic heterocycles. The number of rotatable bonds is 6. The molecule has 250 valence electrons. The van der Waals surface area contributed by atoms with Gasteiger partial charge in [0, 0.05) is 17.6 Å². The summed E-state index contributed by atoms with van der Waals surface area (Å²) in [6.45, 7) is 4.59.